The van der Waals surface area contributed by atoms with Crippen LogP contribution < -0.4 is 5.32 Å². The zero-order valence-corrected chi connectivity index (χ0v) is 10.7. The summed E-state index contributed by atoms with van der Waals surface area (Å²) in [7, 11) is 0. The molecular formula is C13H13Cl2N2+. The first-order chi connectivity index (χ1) is 8.25. The Labute approximate surface area is 111 Å². The van der Waals surface area contributed by atoms with Gasteiger partial charge in [-0.2, -0.15) is 0 Å². The van der Waals surface area contributed by atoms with Gasteiger partial charge in [0, 0.05) is 23.5 Å². The highest BCUT2D eigenvalue weighted by Gasteiger charge is 2.01. The van der Waals surface area contributed by atoms with Gasteiger partial charge >= 0.3 is 0 Å². The van der Waals surface area contributed by atoms with E-state index < -0.39 is 0 Å². The van der Waals surface area contributed by atoms with Crippen LogP contribution in [0.15, 0.2) is 42.7 Å². The van der Waals surface area contributed by atoms with Crippen LogP contribution in [0.2, 0.25) is 10.0 Å². The lowest BCUT2D eigenvalue weighted by Gasteiger charge is -2.03. The summed E-state index contributed by atoms with van der Waals surface area (Å²) in [6, 6.07) is 9.75. The number of halogens is 2. The van der Waals surface area contributed by atoms with Crippen LogP contribution >= 0.6 is 23.2 Å². The third-order valence-corrected chi connectivity index (χ3v) is 3.21. The van der Waals surface area contributed by atoms with Gasteiger partial charge in [0.15, 0.2) is 0 Å². The highest BCUT2D eigenvalue weighted by Crippen LogP contribution is 2.22. The third-order valence-electron chi connectivity index (χ3n) is 2.47. The number of nitrogens with zero attached hydrogens (tertiary/aromatic N) is 1. The highest BCUT2D eigenvalue weighted by atomic mass is 35.5. The minimum Gasteiger partial charge on any atom is -0.339 e. The summed E-state index contributed by atoms with van der Waals surface area (Å²) in [5.41, 5.74) is 2.39. The third kappa shape index (κ3) is 3.70. The largest absolute Gasteiger partial charge is 0.339 e. The Bertz CT molecular complexity index is 486. The van der Waals surface area contributed by atoms with Crippen molar-refractivity contribution in [2.45, 2.75) is 13.1 Å². The number of quaternary nitrogens is 1. The molecule has 0 aliphatic heterocycles. The smallest absolute Gasteiger partial charge is 0.103 e. The molecule has 0 saturated heterocycles. The van der Waals surface area contributed by atoms with Crippen LogP contribution in [-0.4, -0.2) is 4.98 Å². The van der Waals surface area contributed by atoms with Gasteiger partial charge in [-0.1, -0.05) is 35.3 Å². The van der Waals surface area contributed by atoms with Gasteiger partial charge in [-0.05, 0) is 18.2 Å². The summed E-state index contributed by atoms with van der Waals surface area (Å²) < 4.78 is 0. The molecule has 2 N–H and O–H groups in total. The molecule has 88 valence electrons. The molecule has 1 heterocycles. The molecule has 1 aromatic carbocycles. The predicted octanol–water partition coefficient (Wildman–Crippen LogP) is 2.65. The van der Waals surface area contributed by atoms with Crippen LogP contribution in [-0.2, 0) is 13.1 Å². The molecule has 0 aliphatic carbocycles. The van der Waals surface area contributed by atoms with Crippen LogP contribution in [0.25, 0.3) is 0 Å². The number of rotatable bonds is 4. The topological polar surface area (TPSA) is 29.5 Å². The van der Waals surface area contributed by atoms with Crippen molar-refractivity contribution in [2.24, 2.45) is 0 Å². The number of hydrogen-bond acceptors (Lipinski definition) is 1. The van der Waals surface area contributed by atoms with E-state index in [1.807, 2.05) is 30.5 Å². The summed E-state index contributed by atoms with van der Waals surface area (Å²) in [5.74, 6) is 0. The second-order valence-electron chi connectivity index (χ2n) is 3.81. The fourth-order valence-corrected chi connectivity index (χ4v) is 1.91. The number of hydrogen-bond donors (Lipinski definition) is 1. The highest BCUT2D eigenvalue weighted by molar-refractivity contribution is 6.41. The maximum absolute atomic E-state index is 5.95. The quantitative estimate of drug-likeness (QED) is 0.907. The molecule has 0 amide bonds. The molecule has 2 nitrogen and oxygen atoms in total. The number of aromatic nitrogens is 1. The van der Waals surface area contributed by atoms with Crippen LogP contribution in [0, 0.1) is 0 Å². The maximum Gasteiger partial charge on any atom is 0.103 e. The molecule has 17 heavy (non-hydrogen) atoms. The van der Waals surface area contributed by atoms with E-state index in [0.717, 1.165) is 13.1 Å². The number of pyridine rings is 1. The van der Waals surface area contributed by atoms with Crippen molar-refractivity contribution < 1.29 is 5.32 Å². The van der Waals surface area contributed by atoms with Gasteiger partial charge in [0.2, 0.25) is 0 Å². The molecule has 0 fully saturated rings. The van der Waals surface area contributed by atoms with E-state index in [9.17, 15) is 0 Å². The first kappa shape index (κ1) is 12.4. The maximum atomic E-state index is 5.95. The first-order valence-corrected chi connectivity index (χ1v) is 6.16. The molecule has 0 atom stereocenters. The van der Waals surface area contributed by atoms with Gasteiger partial charge in [-0.3, -0.25) is 4.98 Å². The lowest BCUT2D eigenvalue weighted by molar-refractivity contribution is -0.686. The standard InChI is InChI=1S/C13H12Cl2N2/c14-12-4-3-10(6-13(12)15)7-17-9-11-2-1-5-16-8-11/h1-6,8,17H,7,9H2/p+1. The molecular weight excluding hydrogens is 255 g/mol. The van der Waals surface area contributed by atoms with Crippen LogP contribution in [0.1, 0.15) is 11.1 Å². The van der Waals surface area contributed by atoms with Crippen molar-refractivity contribution in [3.8, 4) is 0 Å². The normalized spacial score (nSPS) is 10.5. The molecule has 0 saturated carbocycles. The summed E-state index contributed by atoms with van der Waals surface area (Å²) >= 11 is 11.8. The Kier molecular flexibility index (Phi) is 4.37. The van der Waals surface area contributed by atoms with E-state index in [-0.39, 0.29) is 0 Å². The molecule has 0 radical (unpaired) electrons. The van der Waals surface area contributed by atoms with Crippen LogP contribution in [0.4, 0.5) is 0 Å². The number of nitrogens with two attached hydrogens (primary N) is 1. The molecule has 2 aromatic rings. The Morgan fingerprint density at radius 3 is 2.53 bits per heavy atom. The zero-order chi connectivity index (χ0) is 12.1. The van der Waals surface area contributed by atoms with Gasteiger partial charge in [0.25, 0.3) is 0 Å². The average Bonchev–Trinajstić information content (AvgIpc) is 2.35. The van der Waals surface area contributed by atoms with Gasteiger partial charge in [-0.25, -0.2) is 0 Å². The van der Waals surface area contributed by atoms with E-state index >= 15 is 0 Å². The van der Waals surface area contributed by atoms with Crippen molar-refractivity contribution in [3.05, 3.63) is 63.9 Å². The van der Waals surface area contributed by atoms with Crippen molar-refractivity contribution in [1.82, 2.24) is 4.98 Å². The van der Waals surface area contributed by atoms with E-state index in [1.54, 1.807) is 6.20 Å². The van der Waals surface area contributed by atoms with Gasteiger partial charge < -0.3 is 5.32 Å². The van der Waals surface area contributed by atoms with Crippen molar-refractivity contribution in [2.75, 3.05) is 0 Å². The SMILES string of the molecule is Clc1ccc(C[NH2+]Cc2cccnc2)cc1Cl. The first-order valence-electron chi connectivity index (χ1n) is 5.40. The molecule has 4 heteroatoms. The summed E-state index contributed by atoms with van der Waals surface area (Å²) in [4.78, 5) is 4.08. The predicted molar refractivity (Wildman–Crippen MR) is 70.0 cm³/mol. The Hall–Kier alpha value is -1.09. The minimum atomic E-state index is 0.600. The van der Waals surface area contributed by atoms with Crippen molar-refractivity contribution in [1.29, 1.82) is 0 Å². The molecule has 2 rings (SSSR count). The van der Waals surface area contributed by atoms with Gasteiger partial charge in [-0.15, -0.1) is 0 Å². The second-order valence-corrected chi connectivity index (χ2v) is 4.62. The fourth-order valence-electron chi connectivity index (χ4n) is 1.59. The number of benzene rings is 1. The van der Waals surface area contributed by atoms with Crippen LogP contribution in [0.3, 0.4) is 0 Å². The van der Waals surface area contributed by atoms with Crippen molar-refractivity contribution >= 4 is 23.2 Å². The van der Waals surface area contributed by atoms with E-state index in [4.69, 9.17) is 23.2 Å². The van der Waals surface area contributed by atoms with E-state index in [1.165, 1.54) is 11.1 Å². The molecule has 0 spiro atoms. The van der Waals surface area contributed by atoms with Crippen LogP contribution in [0.5, 0.6) is 0 Å². The summed E-state index contributed by atoms with van der Waals surface area (Å²) in [6.07, 6.45) is 3.66. The van der Waals surface area contributed by atoms with E-state index in [0.29, 0.717) is 10.0 Å². The molecule has 0 aliphatic rings. The Morgan fingerprint density at radius 2 is 1.82 bits per heavy atom. The fraction of sp³-hybridized carbons (Fsp3) is 0.154. The van der Waals surface area contributed by atoms with Gasteiger partial charge in [0.05, 0.1) is 10.0 Å². The average molecular weight is 268 g/mol. The monoisotopic (exact) mass is 267 g/mol. The lowest BCUT2D eigenvalue weighted by Crippen LogP contribution is -2.80. The zero-order valence-electron chi connectivity index (χ0n) is 9.24. The molecule has 1 aromatic heterocycles. The van der Waals surface area contributed by atoms with Gasteiger partial charge in [0.1, 0.15) is 13.1 Å². The Balaban J connectivity index is 1.88. The van der Waals surface area contributed by atoms with Crippen molar-refractivity contribution in [3.63, 3.8) is 0 Å². The lowest BCUT2D eigenvalue weighted by atomic mass is 10.2. The summed E-state index contributed by atoms with van der Waals surface area (Å²) in [6.45, 7) is 1.79. The second kappa shape index (κ2) is 6.01. The van der Waals surface area contributed by atoms with E-state index in [2.05, 4.69) is 16.4 Å². The minimum absolute atomic E-state index is 0.600. The Morgan fingerprint density at radius 1 is 1.00 bits per heavy atom. The summed E-state index contributed by atoms with van der Waals surface area (Å²) in [5, 5.41) is 3.41. The molecule has 0 unspecified atom stereocenters. The molecule has 0 bridgehead atoms.